The maximum absolute atomic E-state index is 12.4. The molecule has 0 aliphatic heterocycles. The van der Waals surface area contributed by atoms with Crippen molar-refractivity contribution in [2.75, 3.05) is 32.5 Å². The predicted octanol–water partition coefficient (Wildman–Crippen LogP) is 2.76. The second-order valence-electron chi connectivity index (χ2n) is 6.61. The lowest BCUT2D eigenvalue weighted by molar-refractivity contribution is -0.128. The molecular formula is C18H26ClN3O2. The first kappa shape index (κ1) is 18.7. The van der Waals surface area contributed by atoms with Gasteiger partial charge in [-0.05, 0) is 51.9 Å². The summed E-state index contributed by atoms with van der Waals surface area (Å²) in [6, 6.07) is 7.23. The van der Waals surface area contributed by atoms with Crippen LogP contribution in [-0.2, 0) is 9.59 Å². The molecule has 0 bridgehead atoms. The Morgan fingerprint density at radius 1 is 1.08 bits per heavy atom. The summed E-state index contributed by atoms with van der Waals surface area (Å²) in [4.78, 5) is 26.5. The highest BCUT2D eigenvalue weighted by atomic mass is 35.5. The molecule has 1 aromatic carbocycles. The third-order valence-electron chi connectivity index (χ3n) is 4.46. The molecule has 1 saturated carbocycles. The van der Waals surface area contributed by atoms with Crippen LogP contribution in [0.15, 0.2) is 24.3 Å². The van der Waals surface area contributed by atoms with Crippen LogP contribution >= 0.6 is 11.6 Å². The van der Waals surface area contributed by atoms with Crippen molar-refractivity contribution in [1.82, 2.24) is 10.2 Å². The molecule has 0 aromatic heterocycles. The molecule has 2 amide bonds. The zero-order chi connectivity index (χ0) is 17.5. The molecule has 24 heavy (non-hydrogen) atoms. The average Bonchev–Trinajstić information content (AvgIpc) is 2.56. The Balaban J connectivity index is 1.76. The Morgan fingerprint density at radius 3 is 2.25 bits per heavy atom. The maximum atomic E-state index is 12.4. The Labute approximate surface area is 148 Å². The van der Waals surface area contributed by atoms with Crippen molar-refractivity contribution in [3.05, 3.63) is 29.3 Å². The van der Waals surface area contributed by atoms with E-state index < -0.39 is 0 Å². The van der Waals surface area contributed by atoms with Crippen molar-refractivity contribution < 1.29 is 9.59 Å². The molecule has 0 heterocycles. The normalized spacial score (nSPS) is 20.7. The number of likely N-dealkylation sites (N-methyl/N-ethyl adjacent to an activating group) is 1. The minimum atomic E-state index is -0.0490. The summed E-state index contributed by atoms with van der Waals surface area (Å²) in [6.45, 7) is 1.50. The van der Waals surface area contributed by atoms with Crippen LogP contribution in [0.3, 0.4) is 0 Å². The fourth-order valence-electron chi connectivity index (χ4n) is 2.96. The molecule has 0 unspecified atom stereocenters. The quantitative estimate of drug-likeness (QED) is 0.828. The van der Waals surface area contributed by atoms with Gasteiger partial charge < -0.3 is 15.5 Å². The molecule has 0 spiro atoms. The molecule has 6 heteroatoms. The number of para-hydroxylation sites is 1. The first-order chi connectivity index (χ1) is 11.5. The van der Waals surface area contributed by atoms with Gasteiger partial charge >= 0.3 is 0 Å². The van der Waals surface area contributed by atoms with Gasteiger partial charge in [-0.1, -0.05) is 23.7 Å². The maximum Gasteiger partial charge on any atom is 0.227 e. The Hall–Kier alpha value is -1.59. The van der Waals surface area contributed by atoms with Crippen LogP contribution in [0.5, 0.6) is 0 Å². The lowest BCUT2D eigenvalue weighted by Gasteiger charge is -2.27. The SMILES string of the molecule is CN(C)CCNC(=O)C1CCC(C(=O)Nc2ccccc2Cl)CC1. The molecule has 2 N–H and O–H groups in total. The summed E-state index contributed by atoms with van der Waals surface area (Å²) in [7, 11) is 3.96. The molecule has 5 nitrogen and oxygen atoms in total. The molecule has 1 aliphatic carbocycles. The average molecular weight is 352 g/mol. The number of anilines is 1. The van der Waals surface area contributed by atoms with Gasteiger partial charge in [0, 0.05) is 24.9 Å². The van der Waals surface area contributed by atoms with E-state index in [1.807, 2.05) is 31.1 Å². The van der Waals surface area contributed by atoms with Crippen molar-refractivity contribution in [1.29, 1.82) is 0 Å². The fourth-order valence-corrected chi connectivity index (χ4v) is 3.15. The van der Waals surface area contributed by atoms with E-state index in [9.17, 15) is 9.59 Å². The smallest absolute Gasteiger partial charge is 0.227 e. The highest BCUT2D eigenvalue weighted by molar-refractivity contribution is 6.33. The van der Waals surface area contributed by atoms with Crippen LogP contribution in [0.25, 0.3) is 0 Å². The second kappa shape index (κ2) is 9.04. The van der Waals surface area contributed by atoms with Crippen LogP contribution in [0, 0.1) is 11.8 Å². The molecular weight excluding hydrogens is 326 g/mol. The van der Waals surface area contributed by atoms with Gasteiger partial charge in [-0.3, -0.25) is 9.59 Å². The molecule has 0 saturated heterocycles. The third-order valence-corrected chi connectivity index (χ3v) is 4.79. The van der Waals surface area contributed by atoms with Gasteiger partial charge in [0.05, 0.1) is 10.7 Å². The number of hydrogen-bond acceptors (Lipinski definition) is 3. The van der Waals surface area contributed by atoms with Crippen LogP contribution in [0.4, 0.5) is 5.69 Å². The summed E-state index contributed by atoms with van der Waals surface area (Å²) in [5.41, 5.74) is 0.646. The number of carbonyl (C=O) groups excluding carboxylic acids is 2. The van der Waals surface area contributed by atoms with E-state index in [4.69, 9.17) is 11.6 Å². The van der Waals surface area contributed by atoms with E-state index in [2.05, 4.69) is 10.6 Å². The lowest BCUT2D eigenvalue weighted by atomic mass is 9.81. The van der Waals surface area contributed by atoms with Crippen molar-refractivity contribution in [3.8, 4) is 0 Å². The molecule has 2 rings (SSSR count). The molecule has 1 aromatic rings. The standard InChI is InChI=1S/C18H26ClN3O2/c1-22(2)12-11-20-17(23)13-7-9-14(10-8-13)18(24)21-16-6-4-3-5-15(16)19/h3-6,13-14H,7-12H2,1-2H3,(H,20,23)(H,21,24). The van der Waals surface area contributed by atoms with E-state index in [0.29, 0.717) is 17.3 Å². The number of nitrogens with one attached hydrogen (secondary N) is 2. The highest BCUT2D eigenvalue weighted by Crippen LogP contribution is 2.30. The monoisotopic (exact) mass is 351 g/mol. The largest absolute Gasteiger partial charge is 0.355 e. The molecule has 1 fully saturated rings. The molecule has 1 aliphatic rings. The number of halogens is 1. The summed E-state index contributed by atoms with van der Waals surface area (Å²) in [5, 5.41) is 6.41. The van der Waals surface area contributed by atoms with Crippen molar-refractivity contribution in [2.24, 2.45) is 11.8 Å². The number of rotatable bonds is 6. The number of carbonyl (C=O) groups is 2. The summed E-state index contributed by atoms with van der Waals surface area (Å²) in [5.74, 6) is 0.0833. The van der Waals surface area contributed by atoms with Gasteiger partial charge in [0.25, 0.3) is 0 Å². The number of benzene rings is 1. The topological polar surface area (TPSA) is 61.4 Å². The zero-order valence-electron chi connectivity index (χ0n) is 14.3. The van der Waals surface area contributed by atoms with Gasteiger partial charge in [0.1, 0.15) is 0 Å². The minimum Gasteiger partial charge on any atom is -0.355 e. The van der Waals surface area contributed by atoms with Crippen molar-refractivity contribution in [3.63, 3.8) is 0 Å². The van der Waals surface area contributed by atoms with Crippen molar-refractivity contribution >= 4 is 29.1 Å². The highest BCUT2D eigenvalue weighted by Gasteiger charge is 2.30. The van der Waals surface area contributed by atoms with Crippen LogP contribution in [0.2, 0.25) is 5.02 Å². The van der Waals surface area contributed by atoms with Crippen molar-refractivity contribution in [2.45, 2.75) is 25.7 Å². The number of amides is 2. The fraction of sp³-hybridized carbons (Fsp3) is 0.556. The van der Waals surface area contributed by atoms with E-state index in [1.165, 1.54) is 0 Å². The molecule has 0 radical (unpaired) electrons. The van der Waals surface area contributed by atoms with Gasteiger partial charge in [-0.25, -0.2) is 0 Å². The van der Waals surface area contributed by atoms with Crippen LogP contribution < -0.4 is 10.6 Å². The second-order valence-corrected chi connectivity index (χ2v) is 7.02. The summed E-state index contributed by atoms with van der Waals surface area (Å²) < 4.78 is 0. The van der Waals surface area contributed by atoms with E-state index >= 15 is 0 Å². The van der Waals surface area contributed by atoms with E-state index in [1.54, 1.807) is 12.1 Å². The minimum absolute atomic E-state index is 0.00503. The first-order valence-electron chi connectivity index (χ1n) is 8.45. The van der Waals surface area contributed by atoms with Crippen LogP contribution in [-0.4, -0.2) is 43.9 Å². The number of nitrogens with zero attached hydrogens (tertiary/aromatic N) is 1. The lowest BCUT2D eigenvalue weighted by Crippen LogP contribution is -2.38. The summed E-state index contributed by atoms with van der Waals surface area (Å²) >= 11 is 6.07. The number of hydrogen-bond donors (Lipinski definition) is 2. The summed E-state index contributed by atoms with van der Waals surface area (Å²) in [6.07, 6.45) is 2.99. The Kier molecular flexibility index (Phi) is 7.06. The van der Waals surface area contributed by atoms with Gasteiger partial charge in [0.2, 0.25) is 11.8 Å². The van der Waals surface area contributed by atoms with E-state index in [0.717, 1.165) is 32.2 Å². The first-order valence-corrected chi connectivity index (χ1v) is 8.83. The van der Waals surface area contributed by atoms with Crippen LogP contribution in [0.1, 0.15) is 25.7 Å². The third kappa shape index (κ3) is 5.49. The molecule has 132 valence electrons. The van der Waals surface area contributed by atoms with Gasteiger partial charge in [-0.15, -0.1) is 0 Å². The van der Waals surface area contributed by atoms with Gasteiger partial charge in [0.15, 0.2) is 0 Å². The zero-order valence-corrected chi connectivity index (χ0v) is 15.1. The van der Waals surface area contributed by atoms with E-state index in [-0.39, 0.29) is 23.7 Å². The van der Waals surface area contributed by atoms with Gasteiger partial charge in [-0.2, -0.15) is 0 Å². The predicted molar refractivity (Wildman–Crippen MR) is 97.1 cm³/mol. The molecule has 0 atom stereocenters. The Bertz CT molecular complexity index is 569. The Morgan fingerprint density at radius 2 is 1.67 bits per heavy atom.